The quantitative estimate of drug-likeness (QED) is 0.781. The first-order valence-electron chi connectivity index (χ1n) is 7.94. The van der Waals surface area contributed by atoms with E-state index in [1.165, 1.54) is 5.56 Å². The van der Waals surface area contributed by atoms with Gasteiger partial charge < -0.3 is 10.1 Å². The Kier molecular flexibility index (Phi) is 6.81. The highest BCUT2D eigenvalue weighted by Crippen LogP contribution is 2.29. The molecule has 3 atom stereocenters. The minimum atomic E-state index is 0.377. The van der Waals surface area contributed by atoms with Crippen molar-refractivity contribution in [1.82, 2.24) is 5.32 Å². The van der Waals surface area contributed by atoms with Crippen LogP contribution < -0.4 is 5.32 Å². The van der Waals surface area contributed by atoms with Crippen molar-refractivity contribution >= 4 is 23.2 Å². The van der Waals surface area contributed by atoms with Gasteiger partial charge in [0.05, 0.1) is 16.1 Å². The number of ether oxygens (including phenoxy) is 1. The van der Waals surface area contributed by atoms with Gasteiger partial charge >= 0.3 is 0 Å². The second-order valence-corrected chi connectivity index (χ2v) is 6.60. The van der Waals surface area contributed by atoms with Gasteiger partial charge in [0.2, 0.25) is 0 Å². The maximum absolute atomic E-state index is 6.14. The molecular formula is C17H25Cl2NO. The number of hydrogen-bond acceptors (Lipinski definition) is 2. The third-order valence-corrected chi connectivity index (χ3v) is 5.02. The molecule has 0 spiro atoms. The predicted octanol–water partition coefficient (Wildman–Crippen LogP) is 4.72. The fraction of sp³-hybridized carbons (Fsp3) is 0.647. The van der Waals surface area contributed by atoms with Gasteiger partial charge in [-0.3, -0.25) is 0 Å². The van der Waals surface area contributed by atoms with Gasteiger partial charge in [0.25, 0.3) is 0 Å². The Labute approximate surface area is 138 Å². The maximum Gasteiger partial charge on any atom is 0.0616 e. The molecule has 1 fully saturated rings. The molecule has 0 amide bonds. The lowest BCUT2D eigenvalue weighted by Crippen LogP contribution is -2.41. The Balaban J connectivity index is 2.09. The summed E-state index contributed by atoms with van der Waals surface area (Å²) in [6.45, 7) is 6.33. The van der Waals surface area contributed by atoms with Gasteiger partial charge in [0.1, 0.15) is 0 Å². The number of halogens is 2. The van der Waals surface area contributed by atoms with Crippen molar-refractivity contribution in [2.45, 2.75) is 51.7 Å². The van der Waals surface area contributed by atoms with Crippen molar-refractivity contribution in [3.05, 3.63) is 33.8 Å². The molecule has 0 bridgehead atoms. The highest BCUT2D eigenvalue weighted by atomic mass is 35.5. The molecule has 1 heterocycles. The minimum Gasteiger partial charge on any atom is -0.378 e. The van der Waals surface area contributed by atoms with E-state index in [1.54, 1.807) is 0 Å². The first-order valence-corrected chi connectivity index (χ1v) is 8.70. The van der Waals surface area contributed by atoms with Crippen LogP contribution in [-0.2, 0) is 11.2 Å². The van der Waals surface area contributed by atoms with E-state index in [0.717, 1.165) is 38.8 Å². The molecule has 1 aliphatic rings. The molecule has 1 N–H and O–H groups in total. The van der Waals surface area contributed by atoms with Crippen molar-refractivity contribution in [2.75, 3.05) is 13.2 Å². The van der Waals surface area contributed by atoms with Crippen molar-refractivity contribution in [3.63, 3.8) is 0 Å². The van der Waals surface area contributed by atoms with Crippen LogP contribution in [0.5, 0.6) is 0 Å². The molecular weight excluding hydrogens is 305 g/mol. The Morgan fingerprint density at radius 2 is 2.10 bits per heavy atom. The molecule has 1 aromatic rings. The molecule has 2 nitrogen and oxygen atoms in total. The monoisotopic (exact) mass is 329 g/mol. The van der Waals surface area contributed by atoms with E-state index in [9.17, 15) is 0 Å². The Morgan fingerprint density at radius 1 is 1.29 bits per heavy atom. The third kappa shape index (κ3) is 4.59. The van der Waals surface area contributed by atoms with E-state index in [2.05, 4.69) is 25.2 Å². The summed E-state index contributed by atoms with van der Waals surface area (Å²) in [4.78, 5) is 0. The first kappa shape index (κ1) is 17.1. The highest BCUT2D eigenvalue weighted by Gasteiger charge is 2.33. The summed E-state index contributed by atoms with van der Waals surface area (Å²) in [5.74, 6) is 0.580. The zero-order chi connectivity index (χ0) is 15.2. The van der Waals surface area contributed by atoms with Crippen LogP contribution in [0.25, 0.3) is 0 Å². The van der Waals surface area contributed by atoms with E-state index < -0.39 is 0 Å². The maximum atomic E-state index is 6.14. The Hall–Kier alpha value is -0.280. The smallest absolute Gasteiger partial charge is 0.0616 e. The van der Waals surface area contributed by atoms with Gasteiger partial charge in [-0.25, -0.2) is 0 Å². The summed E-state index contributed by atoms with van der Waals surface area (Å²) in [5.41, 5.74) is 1.24. The average Bonchev–Trinajstić information content (AvgIpc) is 2.95. The topological polar surface area (TPSA) is 21.3 Å². The van der Waals surface area contributed by atoms with Crippen LogP contribution in [0.3, 0.4) is 0 Å². The Morgan fingerprint density at radius 3 is 2.76 bits per heavy atom. The molecule has 1 aromatic carbocycles. The molecule has 0 aromatic heterocycles. The standard InChI is InChI=1S/C17H25Cl2NO/c1-3-8-20-16(13-7-9-21-17(13)4-2)11-12-5-6-14(18)15(19)10-12/h5-6,10,13,16-17,20H,3-4,7-9,11H2,1-2H3. The SMILES string of the molecule is CCCNC(Cc1ccc(Cl)c(Cl)c1)C1CCOC1CC. The van der Waals surface area contributed by atoms with Crippen LogP contribution in [0.2, 0.25) is 10.0 Å². The van der Waals surface area contributed by atoms with Crippen LogP contribution in [0.1, 0.15) is 38.7 Å². The van der Waals surface area contributed by atoms with Crippen LogP contribution in [0.15, 0.2) is 18.2 Å². The third-order valence-electron chi connectivity index (χ3n) is 4.28. The number of nitrogens with one attached hydrogen (secondary N) is 1. The zero-order valence-corrected chi connectivity index (χ0v) is 14.4. The molecule has 0 radical (unpaired) electrons. The van der Waals surface area contributed by atoms with E-state index in [0.29, 0.717) is 28.1 Å². The van der Waals surface area contributed by atoms with Gasteiger partial charge in [-0.05, 0) is 49.9 Å². The van der Waals surface area contributed by atoms with Crippen molar-refractivity contribution in [1.29, 1.82) is 0 Å². The van der Waals surface area contributed by atoms with Crippen molar-refractivity contribution in [2.24, 2.45) is 5.92 Å². The van der Waals surface area contributed by atoms with E-state index in [4.69, 9.17) is 27.9 Å². The second-order valence-electron chi connectivity index (χ2n) is 5.78. The molecule has 21 heavy (non-hydrogen) atoms. The summed E-state index contributed by atoms with van der Waals surface area (Å²) < 4.78 is 5.87. The lowest BCUT2D eigenvalue weighted by Gasteiger charge is -2.28. The van der Waals surface area contributed by atoms with Crippen molar-refractivity contribution < 1.29 is 4.74 Å². The van der Waals surface area contributed by atoms with Crippen molar-refractivity contribution in [3.8, 4) is 0 Å². The second kappa shape index (κ2) is 8.38. The molecule has 2 rings (SSSR count). The molecule has 4 heteroatoms. The van der Waals surface area contributed by atoms with Crippen LogP contribution in [0, 0.1) is 5.92 Å². The first-order chi connectivity index (χ1) is 10.2. The largest absolute Gasteiger partial charge is 0.378 e. The Bertz CT molecular complexity index is 452. The van der Waals surface area contributed by atoms with E-state index in [1.807, 2.05) is 12.1 Å². The molecule has 1 aliphatic heterocycles. The van der Waals surface area contributed by atoms with Gasteiger partial charge in [0.15, 0.2) is 0 Å². The minimum absolute atomic E-state index is 0.377. The fourth-order valence-electron chi connectivity index (χ4n) is 3.17. The van der Waals surface area contributed by atoms with E-state index >= 15 is 0 Å². The molecule has 0 aliphatic carbocycles. The summed E-state index contributed by atoms with van der Waals surface area (Å²) in [7, 11) is 0. The van der Waals surface area contributed by atoms with Gasteiger partial charge in [-0.1, -0.05) is 43.1 Å². The number of hydrogen-bond donors (Lipinski definition) is 1. The lowest BCUT2D eigenvalue weighted by atomic mass is 9.87. The zero-order valence-electron chi connectivity index (χ0n) is 12.9. The average molecular weight is 330 g/mol. The van der Waals surface area contributed by atoms with Gasteiger partial charge in [-0.15, -0.1) is 0 Å². The van der Waals surface area contributed by atoms with E-state index in [-0.39, 0.29) is 0 Å². The number of benzene rings is 1. The fourth-order valence-corrected chi connectivity index (χ4v) is 3.49. The number of rotatable bonds is 7. The summed E-state index contributed by atoms with van der Waals surface area (Å²) in [5, 5.41) is 4.96. The highest BCUT2D eigenvalue weighted by molar-refractivity contribution is 6.42. The van der Waals surface area contributed by atoms with Gasteiger partial charge in [-0.2, -0.15) is 0 Å². The molecule has 3 unspecified atom stereocenters. The molecule has 1 saturated heterocycles. The predicted molar refractivity (Wildman–Crippen MR) is 90.4 cm³/mol. The molecule has 0 saturated carbocycles. The lowest BCUT2D eigenvalue weighted by molar-refractivity contribution is 0.0775. The van der Waals surface area contributed by atoms with Crippen LogP contribution in [-0.4, -0.2) is 25.3 Å². The summed E-state index contributed by atoms with van der Waals surface area (Å²) in [6.07, 6.45) is 4.71. The normalized spacial score (nSPS) is 23.4. The van der Waals surface area contributed by atoms with Crippen LogP contribution >= 0.6 is 23.2 Å². The summed E-state index contributed by atoms with van der Waals surface area (Å²) >= 11 is 12.1. The summed E-state index contributed by atoms with van der Waals surface area (Å²) in [6, 6.07) is 6.39. The van der Waals surface area contributed by atoms with Crippen LogP contribution in [0.4, 0.5) is 0 Å². The van der Waals surface area contributed by atoms with Gasteiger partial charge in [0, 0.05) is 18.6 Å². The molecule has 118 valence electrons.